The van der Waals surface area contributed by atoms with Crippen molar-refractivity contribution in [3.8, 4) is 11.1 Å². The minimum atomic E-state index is -0.869. The van der Waals surface area contributed by atoms with Crippen LogP contribution in [-0.2, 0) is 16.1 Å². The summed E-state index contributed by atoms with van der Waals surface area (Å²) >= 11 is 0. The van der Waals surface area contributed by atoms with Crippen LogP contribution in [0.2, 0.25) is 0 Å². The van der Waals surface area contributed by atoms with Gasteiger partial charge in [0.2, 0.25) is 5.91 Å². The summed E-state index contributed by atoms with van der Waals surface area (Å²) in [6.45, 7) is 0.644. The topological polar surface area (TPSA) is 40.6 Å². The Morgan fingerprint density at radius 3 is 2.14 bits per heavy atom. The Labute approximate surface area is 216 Å². The molecule has 0 aromatic heterocycles. The zero-order valence-electron chi connectivity index (χ0n) is 22.5. The molecule has 4 rings (SSSR count). The third-order valence-corrected chi connectivity index (χ3v) is 6.76. The van der Waals surface area contributed by atoms with E-state index >= 15 is 0 Å². The minimum Gasteiger partial charge on any atom is -0.378 e. The zero-order valence-corrected chi connectivity index (χ0v) is 21.5. The lowest BCUT2D eigenvalue weighted by molar-refractivity contribution is -0.123. The van der Waals surface area contributed by atoms with Gasteiger partial charge in [0.15, 0.2) is 5.78 Å². The smallest absolute Gasteiger partial charge is 0.230 e. The van der Waals surface area contributed by atoms with Crippen LogP contribution in [0.1, 0.15) is 51.5 Å². The van der Waals surface area contributed by atoms with E-state index in [-0.39, 0.29) is 17.6 Å². The second-order valence-electron chi connectivity index (χ2n) is 9.77. The summed E-state index contributed by atoms with van der Waals surface area (Å²) in [5.41, 5.74) is 5.61. The Kier molecular flexibility index (Phi) is 7.92. The Bertz CT molecular complexity index is 1240. The summed E-state index contributed by atoms with van der Waals surface area (Å²) in [5.74, 6) is -0.0846. The standard InChI is InChI=1S/C32H36N2O2/c1-24(35)12-13-25-8-7-11-31(22-25)34(32(36)29-9-5-4-6-10-29)23-26-14-16-27(17-15-26)28-18-20-30(21-19-28)33(2)3/h7-8,11-22,29H,4-6,9-10,23H2,1-3H3/b13-12+/i23D/t23-/m0/s1. The highest BCUT2D eigenvalue weighted by molar-refractivity contribution is 5.96. The summed E-state index contributed by atoms with van der Waals surface area (Å²) in [6, 6.07) is 23.9. The molecular formula is C32H36N2O2. The molecule has 0 saturated heterocycles. The van der Waals surface area contributed by atoms with E-state index in [2.05, 4.69) is 29.2 Å². The Balaban J connectivity index is 1.64. The van der Waals surface area contributed by atoms with E-state index in [4.69, 9.17) is 0 Å². The Morgan fingerprint density at radius 2 is 1.53 bits per heavy atom. The maximum atomic E-state index is 13.8. The van der Waals surface area contributed by atoms with E-state index in [1.54, 1.807) is 11.0 Å². The highest BCUT2D eigenvalue weighted by Gasteiger charge is 2.27. The number of hydrogen-bond acceptors (Lipinski definition) is 3. The molecular weight excluding hydrogens is 444 g/mol. The van der Waals surface area contributed by atoms with Crippen LogP contribution in [0, 0.1) is 5.92 Å². The first-order chi connectivity index (χ1) is 17.8. The molecule has 0 unspecified atom stereocenters. The molecule has 3 aromatic rings. The highest BCUT2D eigenvalue weighted by atomic mass is 16.2. The highest BCUT2D eigenvalue weighted by Crippen LogP contribution is 2.30. The SMILES string of the molecule is [2H][C@@H](c1ccc(-c2ccc(N(C)C)cc2)cc1)N(C(=O)C1CCCCC1)c1cccc(/C=C/C(C)=O)c1. The normalized spacial score (nSPS) is 15.4. The molecule has 4 nitrogen and oxygen atoms in total. The lowest BCUT2D eigenvalue weighted by atomic mass is 9.88. The van der Waals surface area contributed by atoms with Crippen molar-refractivity contribution in [2.24, 2.45) is 5.92 Å². The number of hydrogen-bond donors (Lipinski definition) is 0. The molecule has 0 aliphatic heterocycles. The fourth-order valence-corrected chi connectivity index (χ4v) is 4.67. The number of benzene rings is 3. The molecule has 3 aromatic carbocycles. The van der Waals surface area contributed by atoms with Gasteiger partial charge in [-0.3, -0.25) is 9.59 Å². The first kappa shape index (κ1) is 24.1. The summed E-state index contributed by atoms with van der Waals surface area (Å²) in [4.78, 5) is 28.9. The van der Waals surface area contributed by atoms with Crippen molar-refractivity contribution in [2.45, 2.75) is 45.5 Å². The molecule has 0 radical (unpaired) electrons. The fraction of sp³-hybridized carbons (Fsp3) is 0.312. The van der Waals surface area contributed by atoms with Crippen molar-refractivity contribution < 1.29 is 11.0 Å². The third kappa shape index (κ3) is 6.51. The first-order valence-corrected chi connectivity index (χ1v) is 12.8. The fourth-order valence-electron chi connectivity index (χ4n) is 4.67. The van der Waals surface area contributed by atoms with Gasteiger partial charge in [-0.2, -0.15) is 0 Å². The minimum absolute atomic E-state index is 0.00995. The van der Waals surface area contributed by atoms with Crippen molar-refractivity contribution in [1.82, 2.24) is 0 Å². The molecule has 0 heterocycles. The number of ketones is 1. The van der Waals surface area contributed by atoms with Crippen LogP contribution in [0.15, 0.2) is 78.9 Å². The number of amides is 1. The average molecular weight is 482 g/mol. The quantitative estimate of drug-likeness (QED) is 0.321. The molecule has 1 amide bonds. The van der Waals surface area contributed by atoms with Gasteiger partial charge >= 0.3 is 0 Å². The maximum absolute atomic E-state index is 13.8. The number of carbonyl (C=O) groups is 2. The van der Waals surface area contributed by atoms with Crippen molar-refractivity contribution in [2.75, 3.05) is 23.9 Å². The van der Waals surface area contributed by atoms with Gasteiger partial charge in [0.05, 0.1) is 7.89 Å². The zero-order chi connectivity index (χ0) is 26.4. The van der Waals surface area contributed by atoms with E-state index in [0.717, 1.165) is 60.0 Å². The number of allylic oxidation sites excluding steroid dienone is 1. The molecule has 36 heavy (non-hydrogen) atoms. The predicted molar refractivity (Wildman–Crippen MR) is 150 cm³/mol. The van der Waals surface area contributed by atoms with E-state index in [1.807, 2.05) is 62.6 Å². The molecule has 1 saturated carbocycles. The third-order valence-electron chi connectivity index (χ3n) is 6.76. The van der Waals surface area contributed by atoms with Gasteiger partial charge in [-0.15, -0.1) is 0 Å². The van der Waals surface area contributed by atoms with E-state index in [9.17, 15) is 11.0 Å². The van der Waals surface area contributed by atoms with Gasteiger partial charge in [0.25, 0.3) is 0 Å². The lowest BCUT2D eigenvalue weighted by Crippen LogP contribution is -2.36. The monoisotopic (exact) mass is 481 g/mol. The van der Waals surface area contributed by atoms with Gasteiger partial charge in [-0.05, 0) is 72.4 Å². The van der Waals surface area contributed by atoms with Crippen molar-refractivity contribution in [3.05, 3.63) is 90.0 Å². The van der Waals surface area contributed by atoms with Crippen LogP contribution in [-0.4, -0.2) is 25.8 Å². The van der Waals surface area contributed by atoms with Gasteiger partial charge in [-0.25, -0.2) is 0 Å². The van der Waals surface area contributed by atoms with Crippen LogP contribution >= 0.6 is 0 Å². The second kappa shape index (κ2) is 11.9. The van der Waals surface area contributed by atoms with E-state index < -0.39 is 6.52 Å². The predicted octanol–water partition coefficient (Wildman–Crippen LogP) is 7.14. The number of nitrogens with zero attached hydrogens (tertiary/aromatic N) is 2. The van der Waals surface area contributed by atoms with Crippen molar-refractivity contribution in [1.29, 1.82) is 0 Å². The van der Waals surface area contributed by atoms with Gasteiger partial charge in [0.1, 0.15) is 0 Å². The molecule has 186 valence electrons. The lowest BCUT2D eigenvalue weighted by Gasteiger charge is -2.30. The molecule has 4 heteroatoms. The Hall–Kier alpha value is -3.66. The summed E-state index contributed by atoms with van der Waals surface area (Å²) in [7, 11) is 4.04. The molecule has 0 N–H and O–H groups in total. The number of carbonyl (C=O) groups excluding carboxylic acids is 2. The average Bonchev–Trinajstić information content (AvgIpc) is 2.93. The number of anilines is 2. The number of rotatable bonds is 8. The summed E-state index contributed by atoms with van der Waals surface area (Å²) in [6.07, 6.45) is 8.28. The van der Waals surface area contributed by atoms with Crippen molar-refractivity contribution in [3.63, 3.8) is 0 Å². The summed E-state index contributed by atoms with van der Waals surface area (Å²) in [5, 5.41) is 0. The molecule has 1 atom stereocenters. The molecule has 0 spiro atoms. The van der Waals surface area contributed by atoms with Crippen LogP contribution in [0.5, 0.6) is 0 Å². The van der Waals surface area contributed by atoms with Crippen LogP contribution in [0.25, 0.3) is 17.2 Å². The van der Waals surface area contributed by atoms with Crippen LogP contribution < -0.4 is 9.80 Å². The maximum Gasteiger partial charge on any atom is 0.230 e. The van der Waals surface area contributed by atoms with Crippen LogP contribution in [0.4, 0.5) is 11.4 Å². The molecule has 1 aliphatic carbocycles. The molecule has 0 bridgehead atoms. The largest absolute Gasteiger partial charge is 0.378 e. The molecule has 1 aliphatic rings. The van der Waals surface area contributed by atoms with Gasteiger partial charge < -0.3 is 9.80 Å². The van der Waals surface area contributed by atoms with Gasteiger partial charge in [0, 0.05) is 31.4 Å². The summed E-state index contributed by atoms with van der Waals surface area (Å²) < 4.78 is 9.18. The molecule has 1 fully saturated rings. The van der Waals surface area contributed by atoms with Gasteiger partial charge in [-0.1, -0.05) is 73.9 Å². The van der Waals surface area contributed by atoms with E-state index in [1.165, 1.54) is 13.0 Å². The van der Waals surface area contributed by atoms with E-state index in [0.29, 0.717) is 5.69 Å². The van der Waals surface area contributed by atoms with Crippen LogP contribution in [0.3, 0.4) is 0 Å². The first-order valence-electron chi connectivity index (χ1n) is 13.3. The van der Waals surface area contributed by atoms with Crippen molar-refractivity contribution >= 4 is 29.1 Å². The second-order valence-corrected chi connectivity index (χ2v) is 9.77. The Morgan fingerprint density at radius 1 is 0.889 bits per heavy atom.